The molecule has 3 heterocycles. The van der Waals surface area contributed by atoms with Crippen LogP contribution in [0.25, 0.3) is 4.96 Å². The van der Waals surface area contributed by atoms with Gasteiger partial charge in [0.05, 0.1) is 5.69 Å². The van der Waals surface area contributed by atoms with Crippen LogP contribution in [-0.4, -0.2) is 51.6 Å². The molecule has 2 aromatic heterocycles. The van der Waals surface area contributed by atoms with Crippen molar-refractivity contribution in [3.63, 3.8) is 0 Å². The molecule has 0 bridgehead atoms. The van der Waals surface area contributed by atoms with E-state index in [2.05, 4.69) is 27.5 Å². The molecule has 1 saturated carbocycles. The molecule has 2 amide bonds. The maximum absolute atomic E-state index is 13.1. The summed E-state index contributed by atoms with van der Waals surface area (Å²) in [5.74, 6) is 6.22. The summed E-state index contributed by atoms with van der Waals surface area (Å²) in [5.41, 5.74) is 1.52. The first-order valence-electron chi connectivity index (χ1n) is 11.2. The topological polar surface area (TPSA) is 96.2 Å². The summed E-state index contributed by atoms with van der Waals surface area (Å²) < 4.78 is 7.83. The summed E-state index contributed by atoms with van der Waals surface area (Å²) in [5, 5.41) is 14.7. The number of nitrogens with one attached hydrogen (secondary N) is 1. The lowest BCUT2D eigenvalue weighted by Gasteiger charge is -2.20. The summed E-state index contributed by atoms with van der Waals surface area (Å²) in [6.07, 6.45) is 5.25. The molecule has 1 fully saturated rings. The van der Waals surface area contributed by atoms with Crippen molar-refractivity contribution in [1.82, 2.24) is 14.7 Å². The van der Waals surface area contributed by atoms with Crippen molar-refractivity contribution in [1.29, 1.82) is 0 Å². The highest BCUT2D eigenvalue weighted by Crippen LogP contribution is 2.34. The number of hydrogen-bond donors (Lipinski definition) is 2. The molecule has 3 aromatic rings. The number of hydrogen-bond acceptors (Lipinski definition) is 6. The highest BCUT2D eigenvalue weighted by atomic mass is 32.1. The molecule has 0 unspecified atom stereocenters. The Morgan fingerprint density at radius 2 is 2.18 bits per heavy atom. The van der Waals surface area contributed by atoms with Gasteiger partial charge in [0.2, 0.25) is 0 Å². The number of carbonyl (C=O) groups excluding carboxylic acids is 2. The smallest absolute Gasteiger partial charge is 0.272 e. The Balaban J connectivity index is 1.32. The number of aromatic nitrogens is 2. The van der Waals surface area contributed by atoms with Gasteiger partial charge in [-0.2, -0.15) is 0 Å². The molecule has 1 aliphatic heterocycles. The molecule has 34 heavy (non-hydrogen) atoms. The normalized spacial score (nSPS) is 18.1. The third-order valence-corrected chi connectivity index (χ3v) is 6.77. The lowest BCUT2D eigenvalue weighted by molar-refractivity contribution is -0.120. The van der Waals surface area contributed by atoms with Crippen molar-refractivity contribution in [2.75, 3.05) is 18.6 Å². The molecular formula is C25H26N4O4S. The van der Waals surface area contributed by atoms with Crippen LogP contribution in [0, 0.1) is 17.8 Å². The van der Waals surface area contributed by atoms with E-state index in [4.69, 9.17) is 4.74 Å². The number of likely N-dealkylation sites (N-methyl/N-ethyl adjacent to an activating group) is 1. The summed E-state index contributed by atoms with van der Waals surface area (Å²) in [4.78, 5) is 32.8. The molecule has 1 aromatic carbocycles. The number of nitrogens with zero attached hydrogens (tertiary/aromatic N) is 3. The number of imidazole rings is 1. The SMILES string of the molecule is CN1C(=O)[C@@H](NC(=O)c2cn3c(CC4CC4)csc3n2)COc2ccc(C#CC(C)(C)O)cc21. The van der Waals surface area contributed by atoms with Crippen molar-refractivity contribution in [3.05, 3.63) is 46.7 Å². The van der Waals surface area contributed by atoms with Crippen LogP contribution in [0.4, 0.5) is 5.69 Å². The average Bonchev–Trinajstić information content (AvgIpc) is 3.41. The van der Waals surface area contributed by atoms with Crippen LogP contribution in [0.5, 0.6) is 5.75 Å². The van der Waals surface area contributed by atoms with Crippen LogP contribution in [0.15, 0.2) is 29.8 Å². The van der Waals surface area contributed by atoms with E-state index in [0.717, 1.165) is 17.3 Å². The largest absolute Gasteiger partial charge is 0.489 e. The number of carbonyl (C=O) groups is 2. The number of thiazole rings is 1. The number of rotatable bonds is 4. The second kappa shape index (κ2) is 8.46. The monoisotopic (exact) mass is 478 g/mol. The van der Waals surface area contributed by atoms with Crippen molar-refractivity contribution in [2.45, 2.75) is 44.8 Å². The molecule has 2 aliphatic rings. The minimum absolute atomic E-state index is 0.00571. The summed E-state index contributed by atoms with van der Waals surface area (Å²) in [6.45, 7) is 3.21. The molecule has 2 N–H and O–H groups in total. The standard InChI is InChI=1S/C25H26N4O4S/c1-25(2,32)9-8-16-6-7-21-20(11-16)28(3)23(31)19(13-33-21)26-22(30)18-12-29-17(10-15-4-5-15)14-34-24(29)27-18/h6-7,11-12,14-15,19,32H,4-5,10,13H2,1-3H3,(H,26,30)/t19-/m0/s1. The maximum Gasteiger partial charge on any atom is 0.272 e. The molecule has 9 heteroatoms. The van der Waals surface area contributed by atoms with Gasteiger partial charge in [-0.05, 0) is 57.2 Å². The van der Waals surface area contributed by atoms with E-state index in [1.54, 1.807) is 45.3 Å². The van der Waals surface area contributed by atoms with E-state index in [1.165, 1.54) is 34.8 Å². The minimum atomic E-state index is -1.12. The molecule has 8 nitrogen and oxygen atoms in total. The zero-order chi connectivity index (χ0) is 24.0. The lowest BCUT2D eigenvalue weighted by atomic mass is 10.1. The number of amides is 2. The Bertz CT molecular complexity index is 1340. The van der Waals surface area contributed by atoms with Gasteiger partial charge in [-0.3, -0.25) is 14.0 Å². The van der Waals surface area contributed by atoms with Gasteiger partial charge in [-0.1, -0.05) is 11.8 Å². The van der Waals surface area contributed by atoms with Crippen LogP contribution in [0.1, 0.15) is 48.4 Å². The molecular weight excluding hydrogens is 452 g/mol. The van der Waals surface area contributed by atoms with Crippen LogP contribution in [0.2, 0.25) is 0 Å². The number of anilines is 1. The van der Waals surface area contributed by atoms with Gasteiger partial charge in [0.25, 0.3) is 11.8 Å². The Hall–Kier alpha value is -3.35. The predicted molar refractivity (Wildman–Crippen MR) is 129 cm³/mol. The fraction of sp³-hybridized carbons (Fsp3) is 0.400. The molecule has 5 rings (SSSR count). The fourth-order valence-corrected chi connectivity index (χ4v) is 4.73. The molecule has 176 valence electrons. The Morgan fingerprint density at radius 1 is 1.38 bits per heavy atom. The van der Waals surface area contributed by atoms with Gasteiger partial charge < -0.3 is 20.1 Å². The van der Waals surface area contributed by atoms with Gasteiger partial charge in [0.15, 0.2) is 4.96 Å². The van der Waals surface area contributed by atoms with Crippen LogP contribution < -0.4 is 15.0 Å². The fourth-order valence-electron chi connectivity index (χ4n) is 3.84. The highest BCUT2D eigenvalue weighted by molar-refractivity contribution is 7.15. The maximum atomic E-state index is 13.1. The number of aliphatic hydroxyl groups is 1. The second-order valence-electron chi connectivity index (χ2n) is 9.38. The van der Waals surface area contributed by atoms with Crippen LogP contribution in [0.3, 0.4) is 0 Å². The highest BCUT2D eigenvalue weighted by Gasteiger charge is 2.32. The molecule has 0 spiro atoms. The molecule has 0 radical (unpaired) electrons. The van der Waals surface area contributed by atoms with Crippen molar-refractivity contribution in [3.8, 4) is 17.6 Å². The quantitative estimate of drug-likeness (QED) is 0.562. The summed E-state index contributed by atoms with van der Waals surface area (Å²) in [6, 6.07) is 4.39. The van der Waals surface area contributed by atoms with Gasteiger partial charge in [0, 0.05) is 29.9 Å². The Labute approximate surface area is 201 Å². The molecule has 1 atom stereocenters. The molecule has 1 aliphatic carbocycles. The second-order valence-corrected chi connectivity index (χ2v) is 10.2. The van der Waals surface area contributed by atoms with Gasteiger partial charge in [-0.25, -0.2) is 4.98 Å². The zero-order valence-electron chi connectivity index (χ0n) is 19.3. The Morgan fingerprint density at radius 3 is 2.91 bits per heavy atom. The lowest BCUT2D eigenvalue weighted by Crippen LogP contribution is -2.49. The summed E-state index contributed by atoms with van der Waals surface area (Å²) >= 11 is 1.52. The van der Waals surface area contributed by atoms with E-state index in [-0.39, 0.29) is 18.2 Å². The third-order valence-electron chi connectivity index (χ3n) is 5.88. The zero-order valence-corrected chi connectivity index (χ0v) is 20.1. The minimum Gasteiger partial charge on any atom is -0.489 e. The van der Waals surface area contributed by atoms with Crippen molar-refractivity contribution >= 4 is 33.8 Å². The van der Waals surface area contributed by atoms with Crippen molar-refractivity contribution in [2.24, 2.45) is 5.92 Å². The van der Waals surface area contributed by atoms with E-state index in [9.17, 15) is 14.7 Å². The van der Waals surface area contributed by atoms with Gasteiger partial charge in [-0.15, -0.1) is 11.3 Å². The first kappa shape index (κ1) is 22.4. The molecule has 0 saturated heterocycles. The third kappa shape index (κ3) is 4.65. The van der Waals surface area contributed by atoms with Gasteiger partial charge >= 0.3 is 0 Å². The van der Waals surface area contributed by atoms with Crippen LogP contribution in [-0.2, 0) is 11.2 Å². The van der Waals surface area contributed by atoms with Crippen LogP contribution >= 0.6 is 11.3 Å². The van der Waals surface area contributed by atoms with Gasteiger partial charge in [0.1, 0.15) is 29.7 Å². The Kier molecular flexibility index (Phi) is 5.58. The predicted octanol–water partition coefficient (Wildman–Crippen LogP) is 2.62. The average molecular weight is 479 g/mol. The van der Waals surface area contributed by atoms with E-state index < -0.39 is 17.6 Å². The number of benzene rings is 1. The number of ether oxygens (including phenoxy) is 1. The summed E-state index contributed by atoms with van der Waals surface area (Å²) in [7, 11) is 1.64. The van der Waals surface area contributed by atoms with Crippen molar-refractivity contribution < 1.29 is 19.4 Å². The first-order valence-corrected chi connectivity index (χ1v) is 12.1. The van der Waals surface area contributed by atoms with E-state index in [1.807, 2.05) is 4.40 Å². The van der Waals surface area contributed by atoms with E-state index in [0.29, 0.717) is 17.0 Å². The van der Waals surface area contributed by atoms with E-state index >= 15 is 0 Å². The number of fused-ring (bicyclic) bond motifs is 2. The first-order chi connectivity index (χ1) is 16.2.